The van der Waals surface area contributed by atoms with Crippen LogP contribution in [0, 0.1) is 6.92 Å². The first-order valence-corrected chi connectivity index (χ1v) is 10.1. The third kappa shape index (κ3) is 6.59. The van der Waals surface area contributed by atoms with Gasteiger partial charge in [-0.2, -0.15) is 13.2 Å². The molecule has 0 aliphatic heterocycles. The van der Waals surface area contributed by atoms with Crippen molar-refractivity contribution in [3.63, 3.8) is 0 Å². The number of alkyl carbamates (subject to hydrolysis) is 1. The molecule has 1 amide bonds. The van der Waals surface area contributed by atoms with Crippen molar-refractivity contribution in [3.8, 4) is 11.1 Å². The first kappa shape index (κ1) is 26.0. The lowest BCUT2D eigenvalue weighted by atomic mass is 9.98. The van der Waals surface area contributed by atoms with E-state index in [-0.39, 0.29) is 17.5 Å². The maximum absolute atomic E-state index is 13.2. The van der Waals surface area contributed by atoms with E-state index in [0.29, 0.717) is 15.7 Å². The van der Waals surface area contributed by atoms with E-state index in [1.54, 1.807) is 45.0 Å². The summed E-state index contributed by atoms with van der Waals surface area (Å²) < 4.78 is 50.0. The average Bonchev–Trinajstić information content (AvgIpc) is 2.68. The number of pyridine rings is 1. The molecule has 10 heteroatoms. The standard InChI is InChI=1S/C23H27F3N2O5/c1-13-11-17(23(24,25)26)28(5)19(29)18(13)15-9-7-14(8-10-15)12-16(20(30)32-6)27-21(31)33-22(2,3)4/h7-11,16H,12H2,1-6H3,(H,27,31). The lowest BCUT2D eigenvalue weighted by Gasteiger charge is -2.22. The van der Waals surface area contributed by atoms with E-state index in [4.69, 9.17) is 9.47 Å². The molecule has 1 aromatic carbocycles. The fourth-order valence-electron chi connectivity index (χ4n) is 3.27. The van der Waals surface area contributed by atoms with Crippen molar-refractivity contribution in [1.82, 2.24) is 9.88 Å². The zero-order valence-corrected chi connectivity index (χ0v) is 19.3. The summed E-state index contributed by atoms with van der Waals surface area (Å²) in [5.41, 5.74) is -1.15. The monoisotopic (exact) mass is 468 g/mol. The highest BCUT2D eigenvalue weighted by Crippen LogP contribution is 2.31. The van der Waals surface area contributed by atoms with Gasteiger partial charge in [0.25, 0.3) is 5.56 Å². The van der Waals surface area contributed by atoms with Gasteiger partial charge in [-0.15, -0.1) is 0 Å². The normalized spacial score (nSPS) is 12.8. The molecule has 1 aromatic heterocycles. The Balaban J connectivity index is 2.30. The summed E-state index contributed by atoms with van der Waals surface area (Å²) >= 11 is 0. The van der Waals surface area contributed by atoms with Crippen molar-refractivity contribution in [3.05, 3.63) is 57.5 Å². The van der Waals surface area contributed by atoms with Crippen molar-refractivity contribution in [2.24, 2.45) is 7.05 Å². The summed E-state index contributed by atoms with van der Waals surface area (Å²) in [7, 11) is 2.27. The topological polar surface area (TPSA) is 86.6 Å². The fourth-order valence-corrected chi connectivity index (χ4v) is 3.27. The van der Waals surface area contributed by atoms with Crippen molar-refractivity contribution >= 4 is 12.1 Å². The van der Waals surface area contributed by atoms with Crippen LogP contribution in [0.5, 0.6) is 0 Å². The largest absolute Gasteiger partial charge is 0.467 e. The van der Waals surface area contributed by atoms with E-state index in [1.165, 1.54) is 14.0 Å². The van der Waals surface area contributed by atoms with Crippen LogP contribution in [0.25, 0.3) is 11.1 Å². The summed E-state index contributed by atoms with van der Waals surface area (Å²) in [6.07, 6.45) is -5.35. The number of amides is 1. The number of rotatable bonds is 5. The number of hydrogen-bond donors (Lipinski definition) is 1. The van der Waals surface area contributed by atoms with Gasteiger partial charge in [0, 0.05) is 13.5 Å². The second-order valence-electron chi connectivity index (χ2n) is 8.57. The summed E-state index contributed by atoms with van der Waals surface area (Å²) in [6, 6.07) is 6.32. The number of methoxy groups -OCH3 is 1. The van der Waals surface area contributed by atoms with E-state index in [0.717, 1.165) is 13.1 Å². The molecular weight excluding hydrogens is 441 g/mol. The number of alkyl halides is 3. The molecule has 1 heterocycles. The van der Waals surface area contributed by atoms with E-state index in [2.05, 4.69) is 5.32 Å². The molecule has 1 N–H and O–H groups in total. The van der Waals surface area contributed by atoms with Gasteiger partial charge in [0.05, 0.1) is 12.7 Å². The van der Waals surface area contributed by atoms with Crippen LogP contribution in [0.2, 0.25) is 0 Å². The van der Waals surface area contributed by atoms with Gasteiger partial charge in [-0.05, 0) is 50.5 Å². The summed E-state index contributed by atoms with van der Waals surface area (Å²) in [5.74, 6) is -0.669. The third-order valence-electron chi connectivity index (χ3n) is 4.78. The first-order chi connectivity index (χ1) is 15.1. The van der Waals surface area contributed by atoms with Crippen molar-refractivity contribution in [1.29, 1.82) is 0 Å². The smallest absolute Gasteiger partial charge is 0.431 e. The van der Waals surface area contributed by atoms with Crippen LogP contribution in [0.1, 0.15) is 37.6 Å². The number of ether oxygens (including phenoxy) is 2. The highest BCUT2D eigenvalue weighted by Gasteiger charge is 2.34. The number of carbonyl (C=O) groups is 2. The molecule has 0 bridgehead atoms. The number of halogens is 3. The number of esters is 1. The molecule has 0 aliphatic carbocycles. The zero-order chi connectivity index (χ0) is 25.1. The minimum Gasteiger partial charge on any atom is -0.467 e. The van der Waals surface area contributed by atoms with E-state index < -0.39 is 41.1 Å². The van der Waals surface area contributed by atoms with E-state index in [9.17, 15) is 27.6 Å². The maximum Gasteiger partial charge on any atom is 0.431 e. The number of aromatic nitrogens is 1. The van der Waals surface area contributed by atoms with Crippen LogP contribution in [0.4, 0.5) is 18.0 Å². The molecule has 1 unspecified atom stereocenters. The van der Waals surface area contributed by atoms with Gasteiger partial charge in [0.2, 0.25) is 0 Å². The lowest BCUT2D eigenvalue weighted by molar-refractivity contribution is -0.144. The van der Waals surface area contributed by atoms with Gasteiger partial charge >= 0.3 is 18.2 Å². The maximum atomic E-state index is 13.2. The van der Waals surface area contributed by atoms with Crippen molar-refractivity contribution in [2.75, 3.05) is 7.11 Å². The van der Waals surface area contributed by atoms with Gasteiger partial charge in [0.1, 0.15) is 17.3 Å². The molecule has 33 heavy (non-hydrogen) atoms. The Hall–Kier alpha value is -3.30. The SMILES string of the molecule is COC(=O)C(Cc1ccc(-c2c(C)cc(C(F)(F)F)n(C)c2=O)cc1)NC(=O)OC(C)(C)C. The molecule has 180 valence electrons. The number of benzene rings is 1. The molecule has 1 atom stereocenters. The number of nitrogens with zero attached hydrogens (tertiary/aromatic N) is 1. The Labute approximate surface area is 189 Å². The summed E-state index contributed by atoms with van der Waals surface area (Å²) in [5, 5.41) is 2.47. The van der Waals surface area contributed by atoms with Crippen LogP contribution in [0.3, 0.4) is 0 Å². The van der Waals surface area contributed by atoms with E-state index in [1.807, 2.05) is 0 Å². The minimum atomic E-state index is -4.65. The van der Waals surface area contributed by atoms with Crippen molar-refractivity contribution in [2.45, 2.75) is 51.9 Å². The number of nitrogens with one attached hydrogen (secondary N) is 1. The number of aryl methyl sites for hydroxylation is 1. The fraction of sp³-hybridized carbons (Fsp3) is 0.435. The molecule has 0 radical (unpaired) electrons. The highest BCUT2D eigenvalue weighted by molar-refractivity contribution is 5.81. The Morgan fingerprint density at radius 1 is 1.12 bits per heavy atom. The van der Waals surface area contributed by atoms with Crippen LogP contribution in [0.15, 0.2) is 35.1 Å². The molecular formula is C23H27F3N2O5. The first-order valence-electron chi connectivity index (χ1n) is 10.1. The van der Waals surface area contributed by atoms with Crippen LogP contribution in [-0.4, -0.2) is 35.4 Å². The summed E-state index contributed by atoms with van der Waals surface area (Å²) in [4.78, 5) is 36.8. The van der Waals surface area contributed by atoms with E-state index >= 15 is 0 Å². The van der Waals surface area contributed by atoms with Gasteiger partial charge in [-0.3, -0.25) is 4.79 Å². The predicted molar refractivity (Wildman–Crippen MR) is 116 cm³/mol. The van der Waals surface area contributed by atoms with Crippen LogP contribution < -0.4 is 10.9 Å². The molecule has 2 aromatic rings. The third-order valence-corrected chi connectivity index (χ3v) is 4.78. The van der Waals surface area contributed by atoms with Gasteiger partial charge < -0.3 is 19.4 Å². The molecule has 0 saturated heterocycles. The molecule has 2 rings (SSSR count). The minimum absolute atomic E-state index is 0.0796. The average molecular weight is 468 g/mol. The Kier molecular flexibility index (Phi) is 7.61. The van der Waals surface area contributed by atoms with Gasteiger partial charge in [-0.25, -0.2) is 9.59 Å². The molecule has 0 fully saturated rings. The van der Waals surface area contributed by atoms with Crippen molar-refractivity contribution < 1.29 is 32.2 Å². The lowest BCUT2D eigenvalue weighted by Crippen LogP contribution is -2.45. The van der Waals surface area contributed by atoms with Crippen LogP contribution in [-0.2, 0) is 33.9 Å². The second-order valence-corrected chi connectivity index (χ2v) is 8.57. The number of carbonyl (C=O) groups excluding carboxylic acids is 2. The van der Waals surface area contributed by atoms with Crippen LogP contribution >= 0.6 is 0 Å². The highest BCUT2D eigenvalue weighted by atomic mass is 19.4. The predicted octanol–water partition coefficient (Wildman–Crippen LogP) is 3.99. The molecule has 0 spiro atoms. The second kappa shape index (κ2) is 9.68. The molecule has 7 nitrogen and oxygen atoms in total. The number of hydrogen-bond acceptors (Lipinski definition) is 5. The Morgan fingerprint density at radius 3 is 2.18 bits per heavy atom. The Morgan fingerprint density at radius 2 is 1.70 bits per heavy atom. The quantitative estimate of drug-likeness (QED) is 0.671. The zero-order valence-electron chi connectivity index (χ0n) is 19.3. The van der Waals surface area contributed by atoms with Gasteiger partial charge in [0.15, 0.2) is 0 Å². The Bertz CT molecular complexity index is 1080. The molecule has 0 saturated carbocycles. The van der Waals surface area contributed by atoms with Gasteiger partial charge in [-0.1, -0.05) is 24.3 Å². The molecule has 0 aliphatic rings. The summed E-state index contributed by atoms with van der Waals surface area (Å²) in [6.45, 7) is 6.50.